The van der Waals surface area contributed by atoms with Gasteiger partial charge < -0.3 is 10.4 Å². The zero-order valence-electron chi connectivity index (χ0n) is 13.9. The highest BCUT2D eigenvalue weighted by Crippen LogP contribution is 2.31. The highest BCUT2D eigenvalue weighted by molar-refractivity contribution is 9.10. The van der Waals surface area contributed by atoms with Crippen molar-refractivity contribution in [2.45, 2.75) is 18.6 Å². The number of benzene rings is 3. The third-order valence-electron chi connectivity index (χ3n) is 4.17. The van der Waals surface area contributed by atoms with E-state index in [4.69, 9.17) is 23.2 Å². The predicted molar refractivity (Wildman–Crippen MR) is 113 cm³/mol. The Balaban J connectivity index is 1.83. The highest BCUT2D eigenvalue weighted by atomic mass is 79.9. The Bertz CT molecular complexity index is 835. The van der Waals surface area contributed by atoms with Gasteiger partial charge in [-0.3, -0.25) is 0 Å². The Morgan fingerprint density at radius 3 is 1.85 bits per heavy atom. The first-order valence-electron chi connectivity index (χ1n) is 8.22. The third kappa shape index (κ3) is 5.24. The van der Waals surface area contributed by atoms with Crippen molar-refractivity contribution in [1.82, 2.24) is 0 Å². The fraction of sp³-hybridized carbons (Fsp3) is 0.143. The van der Waals surface area contributed by atoms with Gasteiger partial charge in [0.25, 0.3) is 0 Å². The van der Waals surface area contributed by atoms with Gasteiger partial charge in [0, 0.05) is 26.6 Å². The summed E-state index contributed by atoms with van der Waals surface area (Å²) in [5, 5.41) is 15.6. The summed E-state index contributed by atoms with van der Waals surface area (Å²) in [5.41, 5.74) is 2.88. The second kappa shape index (κ2) is 8.92. The van der Waals surface area contributed by atoms with E-state index >= 15 is 0 Å². The van der Waals surface area contributed by atoms with Crippen LogP contribution in [0.15, 0.2) is 77.3 Å². The Morgan fingerprint density at radius 2 is 1.27 bits per heavy atom. The van der Waals surface area contributed by atoms with Crippen LogP contribution in [-0.2, 0) is 0 Å². The molecule has 5 heteroatoms. The molecule has 0 fully saturated rings. The molecule has 134 valence electrons. The van der Waals surface area contributed by atoms with E-state index < -0.39 is 6.10 Å². The zero-order valence-corrected chi connectivity index (χ0v) is 17.0. The molecule has 0 aliphatic carbocycles. The van der Waals surface area contributed by atoms with Crippen molar-refractivity contribution in [1.29, 1.82) is 0 Å². The van der Waals surface area contributed by atoms with Crippen molar-refractivity contribution in [2.75, 3.05) is 5.32 Å². The number of aliphatic hydroxyl groups excluding tert-OH is 1. The maximum Gasteiger partial charge on any atom is 0.0813 e. The SMILES string of the molecule is OC(CC(Nc1ccc(Cl)cc1)c1ccc(Cl)cc1)c1ccc(Br)cc1. The van der Waals surface area contributed by atoms with E-state index in [-0.39, 0.29) is 6.04 Å². The molecule has 2 N–H and O–H groups in total. The molecule has 0 saturated carbocycles. The van der Waals surface area contributed by atoms with Gasteiger partial charge in [-0.1, -0.05) is 63.4 Å². The number of halogens is 3. The van der Waals surface area contributed by atoms with Gasteiger partial charge in [0.1, 0.15) is 0 Å². The fourth-order valence-electron chi connectivity index (χ4n) is 2.77. The topological polar surface area (TPSA) is 32.3 Å². The molecule has 26 heavy (non-hydrogen) atoms. The van der Waals surface area contributed by atoms with Crippen molar-refractivity contribution in [3.8, 4) is 0 Å². The molecule has 0 amide bonds. The molecule has 0 aliphatic heterocycles. The van der Waals surface area contributed by atoms with E-state index in [1.165, 1.54) is 0 Å². The lowest BCUT2D eigenvalue weighted by molar-refractivity contribution is 0.160. The summed E-state index contributed by atoms with van der Waals surface area (Å²) < 4.78 is 0.988. The van der Waals surface area contributed by atoms with Crippen LogP contribution in [0.2, 0.25) is 10.0 Å². The van der Waals surface area contributed by atoms with E-state index in [0.717, 1.165) is 21.3 Å². The monoisotopic (exact) mass is 449 g/mol. The molecule has 0 aliphatic rings. The normalized spacial score (nSPS) is 13.2. The first kappa shape index (κ1) is 19.2. The van der Waals surface area contributed by atoms with Gasteiger partial charge in [0.05, 0.1) is 12.1 Å². The lowest BCUT2D eigenvalue weighted by atomic mass is 9.96. The summed E-state index contributed by atoms with van der Waals surface area (Å²) in [5.74, 6) is 0. The molecular formula is C21H18BrCl2NO. The van der Waals surface area contributed by atoms with Crippen LogP contribution in [0.5, 0.6) is 0 Å². The third-order valence-corrected chi connectivity index (χ3v) is 5.20. The molecule has 3 aromatic rings. The number of anilines is 1. The summed E-state index contributed by atoms with van der Waals surface area (Å²) in [4.78, 5) is 0. The number of hydrogen-bond donors (Lipinski definition) is 2. The van der Waals surface area contributed by atoms with Gasteiger partial charge in [-0.05, 0) is 59.7 Å². The maximum absolute atomic E-state index is 10.7. The number of rotatable bonds is 6. The summed E-state index contributed by atoms with van der Waals surface area (Å²) >= 11 is 15.4. The largest absolute Gasteiger partial charge is 0.388 e. The summed E-state index contributed by atoms with van der Waals surface area (Å²) in [7, 11) is 0. The lowest BCUT2D eigenvalue weighted by Gasteiger charge is -2.24. The second-order valence-corrected chi connectivity index (χ2v) is 7.85. The van der Waals surface area contributed by atoms with Crippen LogP contribution in [-0.4, -0.2) is 5.11 Å². The molecule has 0 aromatic heterocycles. The van der Waals surface area contributed by atoms with E-state index in [2.05, 4.69) is 21.2 Å². The summed E-state index contributed by atoms with van der Waals surface area (Å²) in [6.07, 6.45) is -0.0742. The minimum Gasteiger partial charge on any atom is -0.388 e. The molecule has 0 heterocycles. The molecule has 0 spiro atoms. The van der Waals surface area contributed by atoms with Crippen molar-refractivity contribution in [2.24, 2.45) is 0 Å². The smallest absolute Gasteiger partial charge is 0.0813 e. The van der Waals surface area contributed by atoms with Gasteiger partial charge >= 0.3 is 0 Å². The quantitative estimate of drug-likeness (QED) is 0.422. The van der Waals surface area contributed by atoms with Crippen molar-refractivity contribution >= 4 is 44.8 Å². The van der Waals surface area contributed by atoms with Gasteiger partial charge in [0.15, 0.2) is 0 Å². The van der Waals surface area contributed by atoms with Crippen LogP contribution in [0.25, 0.3) is 0 Å². The maximum atomic E-state index is 10.7. The van der Waals surface area contributed by atoms with Gasteiger partial charge in [-0.15, -0.1) is 0 Å². The van der Waals surface area contributed by atoms with Gasteiger partial charge in [-0.2, -0.15) is 0 Å². The average Bonchev–Trinajstić information content (AvgIpc) is 2.64. The standard InChI is InChI=1S/C21H18BrCl2NO/c22-16-5-1-15(2-6-16)21(26)13-20(14-3-7-17(23)8-4-14)25-19-11-9-18(24)10-12-19/h1-12,20-21,25-26H,13H2. The average molecular weight is 451 g/mol. The predicted octanol–water partition coefficient (Wildman–Crippen LogP) is 7.03. The molecule has 2 atom stereocenters. The van der Waals surface area contributed by atoms with Crippen LogP contribution in [0.3, 0.4) is 0 Å². The fourth-order valence-corrected chi connectivity index (χ4v) is 3.28. The van der Waals surface area contributed by atoms with E-state index in [0.29, 0.717) is 16.5 Å². The van der Waals surface area contributed by atoms with E-state index in [9.17, 15) is 5.11 Å². The Morgan fingerprint density at radius 1 is 0.769 bits per heavy atom. The minimum absolute atomic E-state index is 0.0768. The second-order valence-electron chi connectivity index (χ2n) is 6.06. The molecule has 0 bridgehead atoms. The lowest BCUT2D eigenvalue weighted by Crippen LogP contribution is -2.15. The molecule has 3 rings (SSSR count). The van der Waals surface area contributed by atoms with Crippen LogP contribution >= 0.6 is 39.1 Å². The Labute approximate surface area is 171 Å². The highest BCUT2D eigenvalue weighted by Gasteiger charge is 2.18. The molecule has 2 nitrogen and oxygen atoms in total. The summed E-state index contributed by atoms with van der Waals surface area (Å²) in [6, 6.07) is 22.9. The molecule has 0 saturated heterocycles. The van der Waals surface area contributed by atoms with Gasteiger partial charge in [-0.25, -0.2) is 0 Å². The van der Waals surface area contributed by atoms with E-state index in [1.807, 2.05) is 72.8 Å². The molecule has 0 radical (unpaired) electrons. The first-order chi connectivity index (χ1) is 12.5. The molecular weight excluding hydrogens is 433 g/mol. The van der Waals surface area contributed by atoms with Crippen LogP contribution in [0.1, 0.15) is 29.7 Å². The molecule has 2 unspecified atom stereocenters. The zero-order chi connectivity index (χ0) is 18.5. The molecule has 3 aromatic carbocycles. The van der Waals surface area contributed by atoms with Crippen molar-refractivity contribution in [3.63, 3.8) is 0 Å². The van der Waals surface area contributed by atoms with Crippen molar-refractivity contribution < 1.29 is 5.11 Å². The van der Waals surface area contributed by atoms with Gasteiger partial charge in [0.2, 0.25) is 0 Å². The summed E-state index contributed by atoms with van der Waals surface area (Å²) in [6.45, 7) is 0. The number of nitrogens with one attached hydrogen (secondary N) is 1. The van der Waals surface area contributed by atoms with Crippen molar-refractivity contribution in [3.05, 3.63) is 98.4 Å². The van der Waals surface area contributed by atoms with Crippen LogP contribution < -0.4 is 5.32 Å². The van der Waals surface area contributed by atoms with Crippen LogP contribution in [0, 0.1) is 0 Å². The number of aliphatic hydroxyl groups is 1. The Kier molecular flexibility index (Phi) is 6.60. The first-order valence-corrected chi connectivity index (χ1v) is 9.77. The Hall–Kier alpha value is -1.52. The minimum atomic E-state index is -0.594. The number of hydrogen-bond acceptors (Lipinski definition) is 2. The van der Waals surface area contributed by atoms with E-state index in [1.54, 1.807) is 0 Å². The van der Waals surface area contributed by atoms with Crippen LogP contribution in [0.4, 0.5) is 5.69 Å².